The summed E-state index contributed by atoms with van der Waals surface area (Å²) >= 11 is 0. The summed E-state index contributed by atoms with van der Waals surface area (Å²) in [4.78, 5) is 33.7. The van der Waals surface area contributed by atoms with Gasteiger partial charge in [-0.1, -0.05) is 12.6 Å². The number of fused-ring (bicyclic) bond motifs is 1. The Morgan fingerprint density at radius 3 is 2.73 bits per heavy atom. The molecule has 0 aliphatic carbocycles. The number of aromatic nitrogens is 6. The van der Waals surface area contributed by atoms with Gasteiger partial charge in [0.2, 0.25) is 5.91 Å². The number of hydrogen-bond acceptors (Lipinski definition) is 10. The molecule has 2 aliphatic heterocycles. The van der Waals surface area contributed by atoms with E-state index in [4.69, 9.17) is 19.4 Å². The van der Waals surface area contributed by atoms with Crippen molar-refractivity contribution < 1.29 is 14.3 Å². The van der Waals surface area contributed by atoms with Crippen LogP contribution in [0, 0.1) is 23.7 Å². The van der Waals surface area contributed by atoms with Crippen molar-refractivity contribution in [2.24, 2.45) is 5.41 Å². The van der Waals surface area contributed by atoms with Gasteiger partial charge in [-0.25, -0.2) is 9.97 Å². The monoisotopic (exact) mass is 537 g/mol. The first-order valence-electron chi connectivity index (χ1n) is 12.8. The van der Waals surface area contributed by atoms with Gasteiger partial charge in [0.15, 0.2) is 5.82 Å². The largest absolute Gasteiger partial charge is 0.467 e. The molecule has 0 bridgehead atoms. The maximum atomic E-state index is 12.1. The predicted octanol–water partition coefficient (Wildman–Crippen LogP) is 2.80. The predicted molar refractivity (Wildman–Crippen MR) is 146 cm³/mol. The van der Waals surface area contributed by atoms with Crippen molar-refractivity contribution in [3.63, 3.8) is 0 Å². The Labute approximate surface area is 230 Å². The molecule has 2 fully saturated rings. The van der Waals surface area contributed by atoms with E-state index in [1.165, 1.54) is 13.2 Å². The number of nitrogens with one attached hydrogen (secondary N) is 1. The number of H-pyrrole nitrogens is 1. The molecular formula is C28H27N9O3. The Morgan fingerprint density at radius 1 is 1.20 bits per heavy atom. The van der Waals surface area contributed by atoms with Crippen molar-refractivity contribution in [1.29, 1.82) is 5.26 Å². The number of aromatic amines is 1. The van der Waals surface area contributed by atoms with Crippen LogP contribution in [0.2, 0.25) is 0 Å². The molecule has 0 radical (unpaired) electrons. The van der Waals surface area contributed by atoms with Crippen LogP contribution in [0.1, 0.15) is 23.1 Å². The molecule has 0 saturated carbocycles. The molecule has 3 aromatic heterocycles. The first kappa shape index (κ1) is 25.2. The number of aryl methyl sites for hydroxylation is 1. The van der Waals surface area contributed by atoms with E-state index in [1.807, 2.05) is 19.1 Å². The molecule has 202 valence electrons. The summed E-state index contributed by atoms with van der Waals surface area (Å²) in [5.74, 6) is 0.451. The fourth-order valence-electron chi connectivity index (χ4n) is 5.54. The Bertz CT molecular complexity index is 1650. The van der Waals surface area contributed by atoms with Crippen LogP contribution in [0.5, 0.6) is 12.0 Å². The molecule has 1 aromatic carbocycles. The van der Waals surface area contributed by atoms with Gasteiger partial charge in [-0.15, -0.1) is 0 Å². The van der Waals surface area contributed by atoms with Crippen LogP contribution in [0.15, 0.2) is 43.4 Å². The summed E-state index contributed by atoms with van der Waals surface area (Å²) < 4.78 is 11.1. The number of likely N-dealkylation sites (tertiary alicyclic amines) is 1. The molecule has 4 aromatic rings. The molecular weight excluding hydrogens is 510 g/mol. The van der Waals surface area contributed by atoms with E-state index in [-0.39, 0.29) is 29.9 Å². The quantitative estimate of drug-likeness (QED) is 0.349. The Morgan fingerprint density at radius 2 is 2.00 bits per heavy atom. The Kier molecular flexibility index (Phi) is 6.26. The van der Waals surface area contributed by atoms with E-state index < -0.39 is 0 Å². The average molecular weight is 538 g/mol. The average Bonchev–Trinajstić information content (AvgIpc) is 3.63. The van der Waals surface area contributed by atoms with Crippen molar-refractivity contribution in [3.05, 3.63) is 60.1 Å². The number of benzene rings is 1. The molecule has 6 rings (SSSR count). The van der Waals surface area contributed by atoms with Gasteiger partial charge < -0.3 is 19.3 Å². The number of nitrogens with zero attached hydrogens (tertiary/aromatic N) is 8. The third-order valence-electron chi connectivity index (χ3n) is 7.56. The van der Waals surface area contributed by atoms with E-state index >= 15 is 0 Å². The van der Waals surface area contributed by atoms with Gasteiger partial charge in [-0.3, -0.25) is 9.89 Å². The topological polar surface area (TPSA) is 146 Å². The first-order chi connectivity index (χ1) is 19.4. The number of rotatable bonds is 7. The lowest BCUT2D eigenvalue weighted by molar-refractivity contribution is -0.136. The van der Waals surface area contributed by atoms with Crippen LogP contribution < -0.4 is 14.4 Å². The zero-order valence-corrected chi connectivity index (χ0v) is 22.2. The van der Waals surface area contributed by atoms with E-state index in [0.717, 1.165) is 28.5 Å². The smallest absolute Gasteiger partial charge is 0.319 e. The molecule has 1 amide bonds. The van der Waals surface area contributed by atoms with Crippen molar-refractivity contribution in [2.75, 3.05) is 38.2 Å². The third-order valence-corrected chi connectivity index (χ3v) is 7.56. The van der Waals surface area contributed by atoms with Crippen LogP contribution in [0.4, 0.5) is 5.82 Å². The van der Waals surface area contributed by atoms with E-state index in [2.05, 4.69) is 37.7 Å². The third kappa shape index (κ3) is 4.35. The van der Waals surface area contributed by atoms with Gasteiger partial charge in [0.1, 0.15) is 18.2 Å². The number of methoxy groups -OCH3 is 1. The van der Waals surface area contributed by atoms with Gasteiger partial charge in [0.05, 0.1) is 24.5 Å². The number of carbonyl (C=O) groups is 1. The SMILES string of the molecule is C=CC(=O)N1CC2(CCN(c3nc(OCc4cnc(OC)nc4)nc(-c4c(C)ccc5[nH]ncc45)c3C#N)C2)C1. The molecule has 2 saturated heterocycles. The number of amides is 1. The highest BCUT2D eigenvalue weighted by molar-refractivity contribution is 5.97. The summed E-state index contributed by atoms with van der Waals surface area (Å²) in [6.45, 7) is 8.38. The molecule has 1 spiro atoms. The van der Waals surface area contributed by atoms with Gasteiger partial charge in [-0.2, -0.15) is 20.3 Å². The van der Waals surface area contributed by atoms with Crippen LogP contribution in [-0.4, -0.2) is 74.2 Å². The second kappa shape index (κ2) is 9.92. The van der Waals surface area contributed by atoms with Gasteiger partial charge >= 0.3 is 12.0 Å². The van der Waals surface area contributed by atoms with Crippen molar-refractivity contribution >= 4 is 22.6 Å². The molecule has 0 atom stereocenters. The molecule has 40 heavy (non-hydrogen) atoms. The molecule has 2 aliphatic rings. The minimum absolute atomic E-state index is 0.0432. The maximum absolute atomic E-state index is 12.1. The zero-order valence-electron chi connectivity index (χ0n) is 22.2. The second-order valence-electron chi connectivity index (χ2n) is 10.2. The highest BCUT2D eigenvalue weighted by atomic mass is 16.5. The lowest BCUT2D eigenvalue weighted by atomic mass is 9.79. The zero-order chi connectivity index (χ0) is 27.9. The number of nitriles is 1. The van der Waals surface area contributed by atoms with Crippen LogP contribution in [0.25, 0.3) is 22.2 Å². The molecule has 12 nitrogen and oxygen atoms in total. The fourth-order valence-corrected chi connectivity index (χ4v) is 5.54. The summed E-state index contributed by atoms with van der Waals surface area (Å²) in [6, 6.07) is 6.69. The standard InChI is InChI=1S/C28H27N9O3/c1-4-22(38)37-15-28(16-37)7-8-36(14-28)25-19(9-29)24(23-17(2)5-6-21-20(23)12-32-35-21)33-27(34-25)40-13-18-10-30-26(39-3)31-11-18/h4-6,10-12H,1,7-8,13-16H2,2-3H3,(H,32,35). The number of carbonyl (C=O) groups excluding carboxylic acids is 1. The lowest BCUT2D eigenvalue weighted by Crippen LogP contribution is -2.59. The lowest BCUT2D eigenvalue weighted by Gasteiger charge is -2.47. The van der Waals surface area contributed by atoms with E-state index in [0.29, 0.717) is 48.8 Å². The van der Waals surface area contributed by atoms with Gasteiger partial charge in [0.25, 0.3) is 0 Å². The molecule has 5 heterocycles. The van der Waals surface area contributed by atoms with Crippen LogP contribution in [-0.2, 0) is 11.4 Å². The molecule has 12 heteroatoms. The molecule has 0 unspecified atom stereocenters. The van der Waals surface area contributed by atoms with Crippen molar-refractivity contribution in [2.45, 2.75) is 20.0 Å². The first-order valence-corrected chi connectivity index (χ1v) is 12.8. The van der Waals surface area contributed by atoms with Crippen molar-refractivity contribution in [3.8, 4) is 29.3 Å². The number of hydrogen-bond donors (Lipinski definition) is 1. The summed E-state index contributed by atoms with van der Waals surface area (Å²) in [5, 5.41) is 18.5. The fraction of sp³-hybridized carbons (Fsp3) is 0.321. The van der Waals surface area contributed by atoms with Crippen LogP contribution in [0.3, 0.4) is 0 Å². The minimum atomic E-state index is -0.0620. The highest BCUT2D eigenvalue weighted by Gasteiger charge is 2.49. The number of ether oxygens (including phenoxy) is 2. The van der Waals surface area contributed by atoms with Gasteiger partial charge in [-0.05, 0) is 31.1 Å². The highest BCUT2D eigenvalue weighted by Crippen LogP contribution is 2.43. The maximum Gasteiger partial charge on any atom is 0.319 e. The van der Waals surface area contributed by atoms with Crippen LogP contribution >= 0.6 is 0 Å². The van der Waals surface area contributed by atoms with E-state index in [9.17, 15) is 10.1 Å². The summed E-state index contributed by atoms with van der Waals surface area (Å²) in [5.41, 5.74) is 4.10. The van der Waals surface area contributed by atoms with E-state index in [1.54, 1.807) is 23.5 Å². The number of anilines is 1. The van der Waals surface area contributed by atoms with Gasteiger partial charge in [0, 0.05) is 60.5 Å². The summed E-state index contributed by atoms with van der Waals surface area (Å²) in [7, 11) is 1.50. The second-order valence-corrected chi connectivity index (χ2v) is 10.2. The minimum Gasteiger partial charge on any atom is -0.467 e. The Hall–Kier alpha value is -5.05. The Balaban J connectivity index is 1.39. The molecule has 1 N–H and O–H groups in total. The summed E-state index contributed by atoms with van der Waals surface area (Å²) in [6.07, 6.45) is 7.20. The van der Waals surface area contributed by atoms with Crippen molar-refractivity contribution in [1.82, 2.24) is 35.0 Å². The normalized spacial score (nSPS) is 15.6.